The van der Waals surface area contributed by atoms with Crippen LogP contribution in [0.3, 0.4) is 0 Å². The van der Waals surface area contributed by atoms with Gasteiger partial charge in [0, 0.05) is 0 Å². The van der Waals surface area contributed by atoms with Crippen LogP contribution in [-0.4, -0.2) is 38.1 Å². The molecule has 0 aliphatic carbocycles. The van der Waals surface area contributed by atoms with Gasteiger partial charge in [-0.15, -0.1) is 0 Å². The van der Waals surface area contributed by atoms with Gasteiger partial charge in [-0.25, -0.2) is 18.0 Å². The summed E-state index contributed by atoms with van der Waals surface area (Å²) in [7, 11) is -5.02. The van der Waals surface area contributed by atoms with Crippen molar-refractivity contribution in [3.63, 3.8) is 0 Å². The Hall–Kier alpha value is -1.45. The second-order valence-electron chi connectivity index (χ2n) is 12.9. The molecule has 0 heterocycles. The largest absolute Gasteiger partial charge is 1.00 e. The van der Waals surface area contributed by atoms with Crippen molar-refractivity contribution < 1.29 is 61.6 Å². The first-order chi connectivity index (χ1) is 23.3. The van der Waals surface area contributed by atoms with E-state index in [-0.39, 0.29) is 48.3 Å². The molecule has 0 atom stereocenters. The van der Waals surface area contributed by atoms with E-state index in [0.717, 1.165) is 70.3 Å². The van der Waals surface area contributed by atoms with Gasteiger partial charge in [-0.2, -0.15) is 0 Å². The average molecular weight is 713 g/mol. The minimum absolute atomic E-state index is 0. The SMILES string of the molecule is CCCCCCCC/C=C/CCCCCCOC(=O)c1cccc(S(=O)(=O)[O-])c1C(=O)OCCCCCC/C=C/CCCCCCCC.[Na+]. The molecule has 1 rings (SSSR count). The molecule has 0 radical (unpaired) electrons. The van der Waals surface area contributed by atoms with Crippen molar-refractivity contribution in [2.45, 2.75) is 173 Å². The third kappa shape index (κ3) is 25.2. The van der Waals surface area contributed by atoms with Crippen LogP contribution in [0, 0.1) is 0 Å². The van der Waals surface area contributed by atoms with Gasteiger partial charge in [0.25, 0.3) is 0 Å². The standard InChI is InChI=1S/C40H66O7S.Na/c1-3-5-7-9-11-13-15-17-19-21-23-25-27-29-34-46-39(41)36-32-31-33-37(48(43,44)45)38(36)40(42)47-35-30-28-26-24-22-20-18-16-14-12-10-8-6-4-2;/h17-20,31-33H,3-16,21-30,34-35H2,1-2H3,(H,43,44,45);/q;+1/p-1/b19-17+,20-18+;. The minimum Gasteiger partial charge on any atom is -0.744 e. The predicted octanol–water partition coefficient (Wildman–Crippen LogP) is 8.42. The fourth-order valence-corrected chi connectivity index (χ4v) is 6.28. The van der Waals surface area contributed by atoms with Crippen molar-refractivity contribution in [2.75, 3.05) is 13.2 Å². The molecule has 7 nitrogen and oxygen atoms in total. The zero-order chi connectivity index (χ0) is 35.1. The van der Waals surface area contributed by atoms with E-state index >= 15 is 0 Å². The van der Waals surface area contributed by atoms with Gasteiger partial charge in [0.1, 0.15) is 10.1 Å². The van der Waals surface area contributed by atoms with E-state index in [1.165, 1.54) is 89.2 Å². The number of rotatable bonds is 31. The Labute approximate surface area is 321 Å². The fraction of sp³-hybridized carbons (Fsp3) is 0.700. The maximum absolute atomic E-state index is 12.9. The van der Waals surface area contributed by atoms with Crippen LogP contribution < -0.4 is 29.6 Å². The molecule has 0 aliphatic heterocycles. The van der Waals surface area contributed by atoms with E-state index in [9.17, 15) is 22.6 Å². The summed E-state index contributed by atoms with van der Waals surface area (Å²) in [5, 5.41) is 0. The summed E-state index contributed by atoms with van der Waals surface area (Å²) in [4.78, 5) is 25.0. The molecule has 0 bridgehead atoms. The van der Waals surface area contributed by atoms with Gasteiger partial charge in [-0.3, -0.25) is 0 Å². The summed E-state index contributed by atoms with van der Waals surface area (Å²) in [6.07, 6.45) is 36.1. The zero-order valence-corrected chi connectivity index (χ0v) is 34.0. The van der Waals surface area contributed by atoms with E-state index in [0.29, 0.717) is 12.8 Å². The van der Waals surface area contributed by atoms with Crippen molar-refractivity contribution in [1.82, 2.24) is 0 Å². The number of carbonyl (C=O) groups is 2. The van der Waals surface area contributed by atoms with Crippen molar-refractivity contribution in [3.05, 3.63) is 53.6 Å². The molecule has 49 heavy (non-hydrogen) atoms. The molecule has 0 saturated heterocycles. The van der Waals surface area contributed by atoms with Crippen LogP contribution in [0.1, 0.15) is 189 Å². The number of hydrogen-bond donors (Lipinski definition) is 0. The molecular weight excluding hydrogens is 647 g/mol. The van der Waals surface area contributed by atoms with E-state index in [4.69, 9.17) is 9.47 Å². The predicted molar refractivity (Wildman–Crippen MR) is 195 cm³/mol. The number of esters is 2. The van der Waals surface area contributed by atoms with E-state index in [2.05, 4.69) is 38.2 Å². The Balaban J connectivity index is 0.0000230. The van der Waals surface area contributed by atoms with Crippen LogP contribution in [0.25, 0.3) is 0 Å². The summed E-state index contributed by atoms with van der Waals surface area (Å²) < 4.78 is 46.5. The topological polar surface area (TPSA) is 110 Å². The molecule has 274 valence electrons. The van der Waals surface area contributed by atoms with Crippen molar-refractivity contribution >= 4 is 22.1 Å². The van der Waals surface area contributed by atoms with Crippen LogP contribution in [0.15, 0.2) is 47.4 Å². The summed E-state index contributed by atoms with van der Waals surface area (Å²) in [6, 6.07) is 3.59. The summed E-state index contributed by atoms with van der Waals surface area (Å²) in [6.45, 7) is 4.68. The molecule has 0 amide bonds. The quantitative estimate of drug-likeness (QED) is 0.0250. The number of carbonyl (C=O) groups excluding carboxylic acids is 2. The van der Waals surface area contributed by atoms with Gasteiger partial charge in [-0.05, 0) is 76.3 Å². The fourth-order valence-electron chi connectivity index (χ4n) is 5.59. The zero-order valence-electron chi connectivity index (χ0n) is 31.2. The minimum atomic E-state index is -5.02. The van der Waals surface area contributed by atoms with E-state index in [1.54, 1.807) is 0 Å². The molecule has 0 fully saturated rings. The Bertz CT molecular complexity index is 1150. The van der Waals surface area contributed by atoms with Gasteiger partial charge in [0.2, 0.25) is 0 Å². The maximum Gasteiger partial charge on any atom is 1.00 e. The number of ether oxygens (including phenoxy) is 2. The molecule has 0 N–H and O–H groups in total. The number of benzene rings is 1. The smallest absolute Gasteiger partial charge is 0.744 e. The molecule has 0 aliphatic rings. The van der Waals surface area contributed by atoms with Crippen LogP contribution in [0.2, 0.25) is 0 Å². The molecular formula is C40H65NaO7S. The van der Waals surface area contributed by atoms with Crippen LogP contribution in [-0.2, 0) is 19.6 Å². The van der Waals surface area contributed by atoms with Crippen molar-refractivity contribution in [3.8, 4) is 0 Å². The first-order valence-electron chi connectivity index (χ1n) is 19.1. The summed E-state index contributed by atoms with van der Waals surface area (Å²) in [5.74, 6) is -1.84. The molecule has 0 saturated carbocycles. The van der Waals surface area contributed by atoms with Gasteiger partial charge in [0.05, 0.1) is 29.2 Å². The van der Waals surface area contributed by atoms with Gasteiger partial charge < -0.3 is 14.0 Å². The molecule has 1 aromatic carbocycles. The van der Waals surface area contributed by atoms with Gasteiger partial charge >= 0.3 is 41.5 Å². The number of unbranched alkanes of at least 4 members (excludes halogenated alkanes) is 20. The van der Waals surface area contributed by atoms with Gasteiger partial charge in [-0.1, -0.05) is 134 Å². The Morgan fingerprint density at radius 2 is 0.939 bits per heavy atom. The third-order valence-corrected chi connectivity index (χ3v) is 9.38. The molecule has 0 spiro atoms. The van der Waals surface area contributed by atoms with Crippen LogP contribution in [0.4, 0.5) is 0 Å². The summed E-state index contributed by atoms with van der Waals surface area (Å²) >= 11 is 0. The average Bonchev–Trinajstić information content (AvgIpc) is 3.07. The molecule has 9 heteroatoms. The third-order valence-electron chi connectivity index (χ3n) is 8.50. The van der Waals surface area contributed by atoms with E-state index < -0.39 is 32.5 Å². The summed E-state index contributed by atoms with van der Waals surface area (Å²) in [5.41, 5.74) is -0.805. The maximum atomic E-state index is 12.9. The molecule has 1 aromatic rings. The van der Waals surface area contributed by atoms with Crippen molar-refractivity contribution in [1.29, 1.82) is 0 Å². The van der Waals surface area contributed by atoms with Crippen LogP contribution >= 0.6 is 0 Å². The number of allylic oxidation sites excluding steroid dienone is 4. The Morgan fingerprint density at radius 3 is 1.35 bits per heavy atom. The molecule has 0 unspecified atom stereocenters. The van der Waals surface area contributed by atoms with Crippen molar-refractivity contribution in [2.24, 2.45) is 0 Å². The number of hydrogen-bond acceptors (Lipinski definition) is 7. The monoisotopic (exact) mass is 712 g/mol. The van der Waals surface area contributed by atoms with E-state index in [1.807, 2.05) is 0 Å². The first-order valence-corrected chi connectivity index (χ1v) is 20.5. The second kappa shape index (κ2) is 32.5. The van der Waals surface area contributed by atoms with Crippen LogP contribution in [0.5, 0.6) is 0 Å². The first kappa shape index (κ1) is 47.5. The second-order valence-corrected chi connectivity index (χ2v) is 14.2. The van der Waals surface area contributed by atoms with Gasteiger partial charge in [0.15, 0.2) is 0 Å². The Morgan fingerprint density at radius 1 is 0.571 bits per heavy atom. The molecule has 0 aromatic heterocycles. The normalized spacial score (nSPS) is 11.7. The Kier molecular flexibility index (Phi) is 31.5.